The van der Waals surface area contributed by atoms with Gasteiger partial charge in [0.05, 0.1) is 0 Å². The average molecular weight is 224 g/mol. The quantitative estimate of drug-likeness (QED) is 0.724. The molecule has 1 heteroatoms. The van der Waals surface area contributed by atoms with Gasteiger partial charge in [0.15, 0.2) is 0 Å². The van der Waals surface area contributed by atoms with E-state index in [4.69, 9.17) is 0 Å². The van der Waals surface area contributed by atoms with E-state index in [0.29, 0.717) is 0 Å². The largest absolute Gasteiger partial charge is 0.298 e. The van der Waals surface area contributed by atoms with Crippen LogP contribution in [0.5, 0.6) is 0 Å². The van der Waals surface area contributed by atoms with E-state index in [1.54, 1.807) is 0 Å². The first-order chi connectivity index (χ1) is 8.14. The molecule has 2 aromatic carbocycles. The van der Waals surface area contributed by atoms with Crippen LogP contribution in [0.4, 0.5) is 0 Å². The molecule has 0 heterocycles. The summed E-state index contributed by atoms with van der Waals surface area (Å²) in [5, 5.41) is 0. The van der Waals surface area contributed by atoms with Crippen molar-refractivity contribution in [2.75, 3.05) is 0 Å². The fraction of sp³-hybridized carbons (Fsp3) is 0.188. The molecular weight excluding hydrogens is 208 g/mol. The first-order valence-corrected chi connectivity index (χ1v) is 5.76. The zero-order chi connectivity index (χ0) is 12.3. The van der Waals surface area contributed by atoms with Crippen LogP contribution in [-0.2, 0) is 5.41 Å². The van der Waals surface area contributed by atoms with Gasteiger partial charge in [0.25, 0.3) is 0 Å². The number of benzene rings is 2. The minimum atomic E-state index is -0.0831. The van der Waals surface area contributed by atoms with Crippen molar-refractivity contribution in [2.45, 2.75) is 19.3 Å². The number of rotatable bonds is 3. The second kappa shape index (κ2) is 4.54. The zero-order valence-electron chi connectivity index (χ0n) is 10.2. The molecule has 0 aromatic heterocycles. The van der Waals surface area contributed by atoms with Gasteiger partial charge in [-0.05, 0) is 17.2 Å². The summed E-state index contributed by atoms with van der Waals surface area (Å²) in [4.78, 5) is 10.8. The van der Waals surface area contributed by atoms with Crippen LogP contribution >= 0.6 is 0 Å². The van der Waals surface area contributed by atoms with Crippen molar-refractivity contribution >= 4 is 6.29 Å². The third-order valence-electron chi connectivity index (χ3n) is 3.24. The fourth-order valence-electron chi connectivity index (χ4n) is 2.02. The normalized spacial score (nSPS) is 11.2. The maximum Gasteiger partial charge on any atom is 0.150 e. The highest BCUT2D eigenvalue weighted by Crippen LogP contribution is 2.31. The van der Waals surface area contributed by atoms with E-state index in [9.17, 15) is 4.79 Å². The lowest BCUT2D eigenvalue weighted by Gasteiger charge is -2.26. The van der Waals surface area contributed by atoms with Gasteiger partial charge in [0.1, 0.15) is 6.29 Å². The van der Waals surface area contributed by atoms with Gasteiger partial charge in [-0.3, -0.25) is 4.79 Å². The van der Waals surface area contributed by atoms with Crippen LogP contribution in [0.25, 0.3) is 0 Å². The van der Waals surface area contributed by atoms with Crippen LogP contribution in [0.1, 0.15) is 35.3 Å². The number of aldehydes is 1. The van der Waals surface area contributed by atoms with Crippen molar-refractivity contribution in [2.24, 2.45) is 0 Å². The molecule has 0 bridgehead atoms. The fourth-order valence-corrected chi connectivity index (χ4v) is 2.02. The highest BCUT2D eigenvalue weighted by molar-refractivity contribution is 5.75. The molecule has 0 aliphatic heterocycles. The molecule has 17 heavy (non-hydrogen) atoms. The van der Waals surface area contributed by atoms with Crippen molar-refractivity contribution in [1.82, 2.24) is 0 Å². The predicted octanol–water partition coefficient (Wildman–Crippen LogP) is 3.83. The minimum absolute atomic E-state index is 0.0831. The molecule has 2 aromatic rings. The molecule has 0 amide bonds. The summed E-state index contributed by atoms with van der Waals surface area (Å²) in [6, 6.07) is 18.1. The van der Waals surface area contributed by atoms with Gasteiger partial charge in [0, 0.05) is 11.0 Å². The van der Waals surface area contributed by atoms with Crippen molar-refractivity contribution in [1.29, 1.82) is 0 Å². The van der Waals surface area contributed by atoms with E-state index in [1.165, 1.54) is 5.56 Å². The van der Waals surface area contributed by atoms with E-state index >= 15 is 0 Å². The van der Waals surface area contributed by atoms with E-state index in [-0.39, 0.29) is 5.41 Å². The molecule has 0 atom stereocenters. The predicted molar refractivity (Wildman–Crippen MR) is 70.4 cm³/mol. The number of hydrogen-bond donors (Lipinski definition) is 0. The summed E-state index contributed by atoms with van der Waals surface area (Å²) < 4.78 is 0. The van der Waals surface area contributed by atoms with Crippen LogP contribution in [0.2, 0.25) is 0 Å². The van der Waals surface area contributed by atoms with Gasteiger partial charge in [-0.15, -0.1) is 0 Å². The Morgan fingerprint density at radius 2 is 1.53 bits per heavy atom. The summed E-state index contributed by atoms with van der Waals surface area (Å²) >= 11 is 0. The Kier molecular flexibility index (Phi) is 3.10. The number of carbonyl (C=O) groups is 1. The first-order valence-electron chi connectivity index (χ1n) is 5.76. The average Bonchev–Trinajstić information content (AvgIpc) is 2.40. The Morgan fingerprint density at radius 3 is 2.18 bits per heavy atom. The zero-order valence-corrected chi connectivity index (χ0v) is 10.2. The molecule has 0 aliphatic carbocycles. The van der Waals surface area contributed by atoms with Crippen LogP contribution in [0, 0.1) is 0 Å². The molecule has 0 aliphatic rings. The number of carbonyl (C=O) groups excluding carboxylic acids is 1. The Hall–Kier alpha value is -1.89. The van der Waals surface area contributed by atoms with E-state index in [0.717, 1.165) is 17.4 Å². The monoisotopic (exact) mass is 224 g/mol. The van der Waals surface area contributed by atoms with E-state index < -0.39 is 0 Å². The smallest absolute Gasteiger partial charge is 0.150 e. The van der Waals surface area contributed by atoms with Gasteiger partial charge in [-0.25, -0.2) is 0 Å². The molecule has 0 radical (unpaired) electrons. The van der Waals surface area contributed by atoms with Crippen molar-refractivity contribution in [3.63, 3.8) is 0 Å². The Labute approximate surface area is 102 Å². The van der Waals surface area contributed by atoms with Gasteiger partial charge in [-0.2, -0.15) is 0 Å². The van der Waals surface area contributed by atoms with E-state index in [2.05, 4.69) is 32.0 Å². The van der Waals surface area contributed by atoms with Crippen LogP contribution in [0.15, 0.2) is 54.6 Å². The molecule has 0 saturated heterocycles. The van der Waals surface area contributed by atoms with Crippen LogP contribution in [0.3, 0.4) is 0 Å². The summed E-state index contributed by atoms with van der Waals surface area (Å²) in [5.41, 5.74) is 3.06. The van der Waals surface area contributed by atoms with Gasteiger partial charge in [0.2, 0.25) is 0 Å². The van der Waals surface area contributed by atoms with Crippen molar-refractivity contribution in [3.05, 3.63) is 71.3 Å². The molecule has 0 N–H and O–H groups in total. The SMILES string of the molecule is CC(C)(c1ccccc1)c1cccc(C=O)c1. The molecular formula is C16H16O. The molecule has 0 spiro atoms. The van der Waals surface area contributed by atoms with Crippen molar-refractivity contribution < 1.29 is 4.79 Å². The van der Waals surface area contributed by atoms with Gasteiger partial charge < -0.3 is 0 Å². The topological polar surface area (TPSA) is 17.1 Å². The standard InChI is InChI=1S/C16H16O/c1-16(2,14-8-4-3-5-9-14)15-10-6-7-13(11-15)12-17/h3-12H,1-2H3. The lowest BCUT2D eigenvalue weighted by Crippen LogP contribution is -2.18. The summed E-state index contributed by atoms with van der Waals surface area (Å²) in [5.74, 6) is 0. The molecule has 0 fully saturated rings. The Bertz CT molecular complexity index is 512. The summed E-state index contributed by atoms with van der Waals surface area (Å²) in [6.45, 7) is 4.35. The Balaban J connectivity index is 2.47. The third-order valence-corrected chi connectivity index (χ3v) is 3.24. The van der Waals surface area contributed by atoms with E-state index in [1.807, 2.05) is 36.4 Å². The highest BCUT2D eigenvalue weighted by Gasteiger charge is 2.22. The van der Waals surface area contributed by atoms with Gasteiger partial charge >= 0.3 is 0 Å². The molecule has 0 unspecified atom stereocenters. The lowest BCUT2D eigenvalue weighted by atomic mass is 9.78. The molecule has 2 rings (SSSR count). The third kappa shape index (κ3) is 2.28. The first kappa shape index (κ1) is 11.6. The second-order valence-electron chi connectivity index (χ2n) is 4.73. The maximum atomic E-state index is 10.8. The summed E-state index contributed by atoms with van der Waals surface area (Å²) in [7, 11) is 0. The molecule has 1 nitrogen and oxygen atoms in total. The van der Waals surface area contributed by atoms with Crippen LogP contribution < -0.4 is 0 Å². The van der Waals surface area contributed by atoms with Crippen molar-refractivity contribution in [3.8, 4) is 0 Å². The molecule has 86 valence electrons. The number of hydrogen-bond acceptors (Lipinski definition) is 1. The summed E-state index contributed by atoms with van der Waals surface area (Å²) in [6.07, 6.45) is 0.893. The Morgan fingerprint density at radius 1 is 0.882 bits per heavy atom. The minimum Gasteiger partial charge on any atom is -0.298 e. The highest BCUT2D eigenvalue weighted by atomic mass is 16.1. The lowest BCUT2D eigenvalue weighted by molar-refractivity contribution is 0.112. The molecule has 0 saturated carbocycles. The van der Waals surface area contributed by atoms with Crippen LogP contribution in [-0.4, -0.2) is 6.29 Å². The second-order valence-corrected chi connectivity index (χ2v) is 4.73. The maximum absolute atomic E-state index is 10.8. The van der Waals surface area contributed by atoms with Gasteiger partial charge in [-0.1, -0.05) is 62.4 Å².